The Morgan fingerprint density at radius 2 is 2.11 bits per heavy atom. The van der Waals surface area contributed by atoms with E-state index in [-0.39, 0.29) is 5.91 Å². The monoisotopic (exact) mass is 382 g/mol. The fourth-order valence-corrected chi connectivity index (χ4v) is 4.32. The number of carbonyl (C=O) groups excluding carboxylic acids is 1. The van der Waals surface area contributed by atoms with Crippen molar-refractivity contribution in [1.29, 1.82) is 0 Å². The zero-order chi connectivity index (χ0) is 18.8. The zero-order valence-corrected chi connectivity index (χ0v) is 16.3. The molecule has 1 aliphatic carbocycles. The van der Waals surface area contributed by atoms with E-state index in [0.29, 0.717) is 24.6 Å². The molecule has 1 amide bonds. The molecule has 0 aliphatic heterocycles. The van der Waals surface area contributed by atoms with Crippen molar-refractivity contribution in [2.75, 3.05) is 11.9 Å². The van der Waals surface area contributed by atoms with Gasteiger partial charge in [0.25, 0.3) is 0 Å². The van der Waals surface area contributed by atoms with Crippen molar-refractivity contribution in [3.63, 3.8) is 0 Å². The number of nitrogens with one attached hydrogen (secondary N) is 1. The Hall–Kier alpha value is -2.67. The van der Waals surface area contributed by atoms with Crippen LogP contribution >= 0.6 is 11.3 Å². The summed E-state index contributed by atoms with van der Waals surface area (Å²) in [7, 11) is 1.96. The van der Waals surface area contributed by atoms with E-state index in [1.165, 1.54) is 10.6 Å². The van der Waals surface area contributed by atoms with Gasteiger partial charge in [-0.2, -0.15) is 5.10 Å². The van der Waals surface area contributed by atoms with Gasteiger partial charge in [-0.3, -0.25) is 9.48 Å². The van der Waals surface area contributed by atoms with E-state index in [9.17, 15) is 4.79 Å². The van der Waals surface area contributed by atoms with Crippen LogP contribution < -0.4 is 10.1 Å². The van der Waals surface area contributed by atoms with Crippen LogP contribution in [0, 0.1) is 0 Å². The number of ether oxygens (including phenoxy) is 1. The van der Waals surface area contributed by atoms with Gasteiger partial charge in [-0.25, -0.2) is 4.98 Å². The van der Waals surface area contributed by atoms with Crippen LogP contribution in [0.2, 0.25) is 0 Å². The van der Waals surface area contributed by atoms with E-state index in [1.54, 1.807) is 11.3 Å². The molecule has 0 saturated carbocycles. The van der Waals surface area contributed by atoms with Gasteiger partial charge in [0.05, 0.1) is 18.5 Å². The van der Waals surface area contributed by atoms with Crippen molar-refractivity contribution in [3.05, 3.63) is 46.6 Å². The van der Waals surface area contributed by atoms with Gasteiger partial charge in [0.15, 0.2) is 5.13 Å². The third kappa shape index (κ3) is 3.73. The van der Waals surface area contributed by atoms with Gasteiger partial charge in [-0.15, -0.1) is 11.3 Å². The number of benzene rings is 1. The zero-order valence-electron chi connectivity index (χ0n) is 15.5. The molecule has 0 radical (unpaired) electrons. The second-order valence-electron chi connectivity index (χ2n) is 6.54. The third-order valence-corrected chi connectivity index (χ3v) is 5.75. The lowest BCUT2D eigenvalue weighted by Gasteiger charge is -2.10. The topological polar surface area (TPSA) is 69.0 Å². The number of aryl methyl sites for hydroxylation is 3. The highest BCUT2D eigenvalue weighted by molar-refractivity contribution is 7.16. The summed E-state index contributed by atoms with van der Waals surface area (Å²) in [4.78, 5) is 18.2. The Morgan fingerprint density at radius 1 is 1.30 bits per heavy atom. The summed E-state index contributed by atoms with van der Waals surface area (Å²) in [5.74, 6) is 0.843. The van der Waals surface area contributed by atoms with Crippen LogP contribution in [-0.4, -0.2) is 27.3 Å². The molecule has 0 bridgehead atoms. The fourth-order valence-electron chi connectivity index (χ4n) is 3.33. The molecule has 3 aromatic rings. The van der Waals surface area contributed by atoms with Gasteiger partial charge in [0, 0.05) is 29.6 Å². The highest BCUT2D eigenvalue weighted by Gasteiger charge is 2.24. The first-order chi connectivity index (χ1) is 13.1. The fraction of sp³-hybridized carbons (Fsp3) is 0.350. The van der Waals surface area contributed by atoms with Crippen molar-refractivity contribution in [3.8, 4) is 17.0 Å². The number of hydrogen-bond acceptors (Lipinski definition) is 5. The Kier molecular flexibility index (Phi) is 4.94. The molecule has 0 saturated heterocycles. The minimum absolute atomic E-state index is 0.0126. The molecule has 27 heavy (non-hydrogen) atoms. The molecular weight excluding hydrogens is 360 g/mol. The van der Waals surface area contributed by atoms with Gasteiger partial charge >= 0.3 is 0 Å². The third-order valence-electron chi connectivity index (χ3n) is 4.72. The molecule has 1 aliphatic rings. The lowest BCUT2D eigenvalue weighted by molar-refractivity contribution is -0.116. The van der Waals surface area contributed by atoms with E-state index in [0.717, 1.165) is 35.4 Å². The van der Waals surface area contributed by atoms with Crippen molar-refractivity contribution in [2.24, 2.45) is 7.05 Å². The van der Waals surface area contributed by atoms with Crippen LogP contribution in [-0.2, 0) is 31.1 Å². The Bertz CT molecular complexity index is 959. The predicted octanol–water partition coefficient (Wildman–Crippen LogP) is 3.61. The molecule has 2 heterocycles. The van der Waals surface area contributed by atoms with E-state index in [2.05, 4.69) is 15.4 Å². The predicted molar refractivity (Wildman–Crippen MR) is 106 cm³/mol. The molecular formula is C20H22N4O2S. The van der Waals surface area contributed by atoms with Crippen LogP contribution in [0.3, 0.4) is 0 Å². The van der Waals surface area contributed by atoms with Gasteiger partial charge < -0.3 is 10.1 Å². The summed E-state index contributed by atoms with van der Waals surface area (Å²) in [5.41, 5.74) is 4.38. The number of rotatable bonds is 6. The summed E-state index contributed by atoms with van der Waals surface area (Å²) >= 11 is 1.57. The van der Waals surface area contributed by atoms with Crippen molar-refractivity contribution in [2.45, 2.75) is 32.6 Å². The molecule has 4 rings (SSSR count). The minimum Gasteiger partial charge on any atom is -0.494 e. The first-order valence-corrected chi connectivity index (χ1v) is 9.98. The standard InChI is InChI=1S/C20H22N4O2S/c1-3-26-14-7-4-13(5-8-14)6-11-18(25)22-20-23-19-15-12-21-24(2)16(15)9-10-17(19)27-20/h4-5,7-8,12H,3,6,9-11H2,1-2H3,(H,22,23,25). The summed E-state index contributed by atoms with van der Waals surface area (Å²) in [6.07, 6.45) is 4.89. The van der Waals surface area contributed by atoms with Crippen LogP contribution in [0.15, 0.2) is 30.5 Å². The molecule has 7 heteroatoms. The minimum atomic E-state index is -0.0126. The van der Waals surface area contributed by atoms with Crippen molar-refractivity contribution >= 4 is 22.4 Å². The molecule has 1 N–H and O–H groups in total. The number of fused-ring (bicyclic) bond motifs is 3. The lowest BCUT2D eigenvalue weighted by Crippen LogP contribution is -2.12. The Balaban J connectivity index is 1.37. The van der Waals surface area contributed by atoms with Crippen LogP contribution in [0.25, 0.3) is 11.3 Å². The number of aromatic nitrogens is 3. The van der Waals surface area contributed by atoms with Gasteiger partial charge in [0.1, 0.15) is 5.75 Å². The summed E-state index contributed by atoms with van der Waals surface area (Å²) in [6.45, 7) is 2.61. The van der Waals surface area contributed by atoms with Crippen molar-refractivity contribution < 1.29 is 9.53 Å². The van der Waals surface area contributed by atoms with Gasteiger partial charge in [-0.05, 0) is 43.9 Å². The maximum Gasteiger partial charge on any atom is 0.226 e. The Labute approximate surface area is 162 Å². The van der Waals surface area contributed by atoms with Crippen LogP contribution in [0.4, 0.5) is 5.13 Å². The van der Waals surface area contributed by atoms with Crippen molar-refractivity contribution in [1.82, 2.24) is 14.8 Å². The molecule has 140 valence electrons. The Morgan fingerprint density at radius 3 is 2.89 bits per heavy atom. The van der Waals surface area contributed by atoms with E-state index in [4.69, 9.17) is 4.74 Å². The summed E-state index contributed by atoms with van der Waals surface area (Å²) < 4.78 is 7.35. The average Bonchev–Trinajstić information content (AvgIpc) is 3.24. The van der Waals surface area contributed by atoms with E-state index >= 15 is 0 Å². The molecule has 6 nitrogen and oxygen atoms in total. The second-order valence-corrected chi connectivity index (χ2v) is 7.63. The summed E-state index contributed by atoms with van der Waals surface area (Å²) in [5, 5.41) is 7.96. The highest BCUT2D eigenvalue weighted by Crippen LogP contribution is 2.37. The number of anilines is 1. The first kappa shape index (κ1) is 17.7. The van der Waals surface area contributed by atoms with E-state index in [1.807, 2.05) is 49.1 Å². The lowest BCUT2D eigenvalue weighted by atomic mass is 10.0. The molecule has 0 atom stereocenters. The van der Waals surface area contributed by atoms with Crippen LogP contribution in [0.5, 0.6) is 5.75 Å². The molecule has 1 aromatic carbocycles. The number of carbonyl (C=O) groups is 1. The quantitative estimate of drug-likeness (QED) is 0.707. The maximum atomic E-state index is 12.3. The number of thiazole rings is 1. The molecule has 0 fully saturated rings. The summed E-state index contributed by atoms with van der Waals surface area (Å²) in [6, 6.07) is 7.89. The van der Waals surface area contributed by atoms with Gasteiger partial charge in [0.2, 0.25) is 5.91 Å². The molecule has 0 spiro atoms. The number of nitrogens with zero attached hydrogens (tertiary/aromatic N) is 3. The number of hydrogen-bond donors (Lipinski definition) is 1. The van der Waals surface area contributed by atoms with E-state index < -0.39 is 0 Å². The SMILES string of the molecule is CCOc1ccc(CCC(=O)Nc2nc3c(s2)CCc2c-3cnn2C)cc1. The molecule has 0 unspecified atom stereocenters. The number of amides is 1. The van der Waals surface area contributed by atoms with Gasteiger partial charge in [-0.1, -0.05) is 12.1 Å². The smallest absolute Gasteiger partial charge is 0.226 e. The normalized spacial score (nSPS) is 12.4. The molecule has 2 aromatic heterocycles. The maximum absolute atomic E-state index is 12.3. The largest absolute Gasteiger partial charge is 0.494 e. The van der Waals surface area contributed by atoms with Crippen LogP contribution in [0.1, 0.15) is 29.5 Å². The first-order valence-electron chi connectivity index (χ1n) is 9.16. The highest BCUT2D eigenvalue weighted by atomic mass is 32.1. The second kappa shape index (κ2) is 7.52. The average molecular weight is 382 g/mol.